The van der Waals surface area contributed by atoms with Crippen molar-refractivity contribution >= 4 is 5.91 Å². The Bertz CT molecular complexity index is 367. The van der Waals surface area contributed by atoms with Crippen molar-refractivity contribution in [3.63, 3.8) is 0 Å². The summed E-state index contributed by atoms with van der Waals surface area (Å²) >= 11 is 0. The van der Waals surface area contributed by atoms with Crippen molar-refractivity contribution in [1.29, 1.82) is 0 Å². The zero-order valence-electron chi connectivity index (χ0n) is 10.1. The molecule has 4 N–H and O–H groups in total. The Morgan fingerprint density at radius 2 is 2.35 bits per heavy atom. The first-order chi connectivity index (χ1) is 8.15. The maximum atomic E-state index is 11.9. The molecule has 1 aliphatic carbocycles. The number of nitrogens with two attached hydrogens (primary N) is 1. The highest BCUT2D eigenvalue weighted by Gasteiger charge is 2.34. The van der Waals surface area contributed by atoms with Gasteiger partial charge in [-0.2, -0.15) is 15.4 Å². The molecule has 0 spiro atoms. The Kier molecular flexibility index (Phi) is 3.42. The maximum absolute atomic E-state index is 11.9. The van der Waals surface area contributed by atoms with Gasteiger partial charge in [-0.1, -0.05) is 6.92 Å². The summed E-state index contributed by atoms with van der Waals surface area (Å²) in [6, 6.07) is 0. The van der Waals surface area contributed by atoms with Crippen molar-refractivity contribution in [2.45, 2.75) is 38.1 Å². The molecule has 1 heterocycles. The first-order valence-electron chi connectivity index (χ1n) is 6.03. The number of carbonyl (C=O) groups is 1. The van der Waals surface area contributed by atoms with Crippen LogP contribution in [0.2, 0.25) is 0 Å². The molecular weight excluding hydrogens is 218 g/mol. The third kappa shape index (κ3) is 2.63. The van der Waals surface area contributed by atoms with E-state index in [1.165, 1.54) is 6.20 Å². The fraction of sp³-hybridized carbons (Fsp3) is 0.727. The van der Waals surface area contributed by atoms with E-state index in [0.717, 1.165) is 31.6 Å². The minimum Gasteiger partial charge on any atom is -0.344 e. The summed E-state index contributed by atoms with van der Waals surface area (Å²) in [6.45, 7) is 2.71. The lowest BCUT2D eigenvalue weighted by Gasteiger charge is -2.39. The monoisotopic (exact) mass is 237 g/mol. The van der Waals surface area contributed by atoms with Crippen LogP contribution in [0.1, 0.15) is 43.1 Å². The number of carbonyl (C=O) groups excluding carboxylic acids is 1. The van der Waals surface area contributed by atoms with Crippen LogP contribution in [0.15, 0.2) is 6.20 Å². The molecule has 94 valence electrons. The molecule has 1 amide bonds. The first-order valence-corrected chi connectivity index (χ1v) is 6.03. The summed E-state index contributed by atoms with van der Waals surface area (Å²) in [5.74, 6) is 0.525. The second-order valence-corrected chi connectivity index (χ2v) is 4.98. The molecule has 2 rings (SSSR count). The van der Waals surface area contributed by atoms with E-state index in [1.54, 1.807) is 0 Å². The van der Waals surface area contributed by atoms with Crippen molar-refractivity contribution in [2.75, 3.05) is 6.54 Å². The van der Waals surface area contributed by atoms with E-state index < -0.39 is 0 Å². The fourth-order valence-electron chi connectivity index (χ4n) is 2.31. The van der Waals surface area contributed by atoms with E-state index in [4.69, 9.17) is 5.73 Å². The Labute approximate surface area is 100 Å². The molecule has 6 nitrogen and oxygen atoms in total. The lowest BCUT2D eigenvalue weighted by atomic mass is 9.77. The average Bonchev–Trinajstić information content (AvgIpc) is 2.86. The largest absolute Gasteiger partial charge is 0.344 e. The second-order valence-electron chi connectivity index (χ2n) is 4.98. The quantitative estimate of drug-likeness (QED) is 0.710. The Balaban J connectivity index is 2.02. The third-order valence-electron chi connectivity index (χ3n) is 3.65. The van der Waals surface area contributed by atoms with Crippen LogP contribution in [0.3, 0.4) is 0 Å². The van der Waals surface area contributed by atoms with E-state index in [1.807, 2.05) is 0 Å². The molecular formula is C11H19N5O. The van der Waals surface area contributed by atoms with Crippen LogP contribution in [-0.2, 0) is 0 Å². The summed E-state index contributed by atoms with van der Waals surface area (Å²) in [5.41, 5.74) is 5.88. The van der Waals surface area contributed by atoms with Gasteiger partial charge in [0.2, 0.25) is 0 Å². The molecule has 0 radical (unpaired) electrons. The van der Waals surface area contributed by atoms with Gasteiger partial charge in [0.25, 0.3) is 5.91 Å². The minimum atomic E-state index is -0.261. The average molecular weight is 237 g/mol. The molecule has 1 aromatic heterocycles. The second kappa shape index (κ2) is 4.83. The molecule has 0 unspecified atom stereocenters. The van der Waals surface area contributed by atoms with Gasteiger partial charge in [-0.25, -0.2) is 0 Å². The van der Waals surface area contributed by atoms with Crippen LogP contribution >= 0.6 is 0 Å². The van der Waals surface area contributed by atoms with E-state index in [9.17, 15) is 4.79 Å². The number of nitrogens with zero attached hydrogens (tertiary/aromatic N) is 2. The van der Waals surface area contributed by atoms with Crippen LogP contribution in [0.5, 0.6) is 0 Å². The Morgan fingerprint density at radius 3 is 2.88 bits per heavy atom. The summed E-state index contributed by atoms with van der Waals surface area (Å²) in [6.07, 6.45) is 5.51. The molecule has 0 saturated heterocycles. The highest BCUT2D eigenvalue weighted by atomic mass is 16.2. The van der Waals surface area contributed by atoms with Gasteiger partial charge in [0.05, 0.1) is 11.7 Å². The van der Waals surface area contributed by atoms with E-state index >= 15 is 0 Å². The molecule has 1 fully saturated rings. The SMILES string of the molecule is CC1CCC(CN)(NC(=O)c2cn[nH]n2)CC1. The summed E-state index contributed by atoms with van der Waals surface area (Å²) in [5, 5.41) is 12.9. The molecule has 0 aromatic carbocycles. The number of amides is 1. The number of hydrogen-bond donors (Lipinski definition) is 3. The van der Waals surface area contributed by atoms with Crippen molar-refractivity contribution in [3.05, 3.63) is 11.9 Å². The molecule has 0 aliphatic heterocycles. The van der Waals surface area contributed by atoms with Gasteiger partial charge in [-0.15, -0.1) is 0 Å². The number of aromatic nitrogens is 3. The topological polar surface area (TPSA) is 96.7 Å². The number of hydrogen-bond acceptors (Lipinski definition) is 4. The van der Waals surface area contributed by atoms with E-state index in [-0.39, 0.29) is 11.4 Å². The minimum absolute atomic E-state index is 0.196. The maximum Gasteiger partial charge on any atom is 0.273 e. The summed E-state index contributed by atoms with van der Waals surface area (Å²) in [4.78, 5) is 11.9. The van der Waals surface area contributed by atoms with Crippen LogP contribution in [0.4, 0.5) is 0 Å². The molecule has 0 bridgehead atoms. The number of aromatic amines is 1. The first kappa shape index (κ1) is 12.0. The van der Waals surface area contributed by atoms with Crippen LogP contribution in [-0.4, -0.2) is 33.4 Å². The zero-order chi connectivity index (χ0) is 12.3. The number of rotatable bonds is 3. The lowest BCUT2D eigenvalue weighted by molar-refractivity contribution is 0.0855. The fourth-order valence-corrected chi connectivity index (χ4v) is 2.31. The molecule has 17 heavy (non-hydrogen) atoms. The van der Waals surface area contributed by atoms with Crippen molar-refractivity contribution in [2.24, 2.45) is 11.7 Å². The molecule has 1 aliphatic rings. The van der Waals surface area contributed by atoms with Gasteiger partial charge in [0, 0.05) is 6.54 Å². The van der Waals surface area contributed by atoms with Gasteiger partial charge in [0.15, 0.2) is 5.69 Å². The normalized spacial score (nSPS) is 28.9. The molecule has 1 saturated carbocycles. The van der Waals surface area contributed by atoms with Gasteiger partial charge in [-0.3, -0.25) is 4.79 Å². The van der Waals surface area contributed by atoms with Gasteiger partial charge >= 0.3 is 0 Å². The number of nitrogens with one attached hydrogen (secondary N) is 2. The standard InChI is InChI=1S/C11H19N5O/c1-8-2-4-11(7-12,5-3-8)14-10(17)9-6-13-16-15-9/h6,8H,2-5,7,12H2,1H3,(H,14,17)(H,13,15,16). The van der Waals surface area contributed by atoms with Gasteiger partial charge < -0.3 is 11.1 Å². The predicted octanol–water partition coefficient (Wildman–Crippen LogP) is 0.442. The van der Waals surface area contributed by atoms with Crippen molar-refractivity contribution in [3.8, 4) is 0 Å². The third-order valence-corrected chi connectivity index (χ3v) is 3.65. The van der Waals surface area contributed by atoms with E-state index in [2.05, 4.69) is 27.7 Å². The van der Waals surface area contributed by atoms with Crippen LogP contribution in [0.25, 0.3) is 0 Å². The molecule has 1 aromatic rings. The summed E-state index contributed by atoms with van der Waals surface area (Å²) in [7, 11) is 0. The Hall–Kier alpha value is -1.43. The highest BCUT2D eigenvalue weighted by molar-refractivity contribution is 5.92. The highest BCUT2D eigenvalue weighted by Crippen LogP contribution is 2.31. The van der Waals surface area contributed by atoms with Gasteiger partial charge in [0.1, 0.15) is 0 Å². The molecule has 0 atom stereocenters. The Morgan fingerprint density at radius 1 is 1.65 bits per heavy atom. The lowest BCUT2D eigenvalue weighted by Crippen LogP contribution is -2.55. The van der Waals surface area contributed by atoms with Crippen molar-refractivity contribution < 1.29 is 4.79 Å². The van der Waals surface area contributed by atoms with E-state index in [0.29, 0.717) is 12.2 Å². The van der Waals surface area contributed by atoms with Crippen LogP contribution < -0.4 is 11.1 Å². The predicted molar refractivity (Wildman–Crippen MR) is 63.3 cm³/mol. The van der Waals surface area contributed by atoms with Crippen LogP contribution in [0, 0.1) is 5.92 Å². The van der Waals surface area contributed by atoms with Gasteiger partial charge in [-0.05, 0) is 31.6 Å². The smallest absolute Gasteiger partial charge is 0.273 e. The summed E-state index contributed by atoms with van der Waals surface area (Å²) < 4.78 is 0. The van der Waals surface area contributed by atoms with Crippen molar-refractivity contribution in [1.82, 2.24) is 20.7 Å². The molecule has 6 heteroatoms. The number of H-pyrrole nitrogens is 1. The zero-order valence-corrected chi connectivity index (χ0v) is 10.1.